The Bertz CT molecular complexity index is 299. The van der Waals surface area contributed by atoms with Crippen molar-refractivity contribution >= 4 is 21.6 Å². The second-order valence-electron chi connectivity index (χ2n) is 3.15. The van der Waals surface area contributed by atoms with Gasteiger partial charge in [-0.15, -0.1) is 0 Å². The Morgan fingerprint density at radius 3 is 3.17 bits per heavy atom. The summed E-state index contributed by atoms with van der Waals surface area (Å²) >= 11 is 3.44. The molecule has 0 amide bonds. The summed E-state index contributed by atoms with van der Waals surface area (Å²) in [5, 5.41) is 3.29. The van der Waals surface area contributed by atoms with Crippen LogP contribution in [0.5, 0.6) is 0 Å². The number of anilines is 1. The summed E-state index contributed by atoms with van der Waals surface area (Å²) in [5.41, 5.74) is 8.35. The van der Waals surface area contributed by atoms with E-state index >= 15 is 0 Å². The second kappa shape index (κ2) is 3.07. The van der Waals surface area contributed by atoms with Crippen molar-refractivity contribution < 1.29 is 0 Å². The zero-order valence-electron chi connectivity index (χ0n) is 6.68. The van der Waals surface area contributed by atoms with E-state index in [1.165, 1.54) is 11.3 Å². The first kappa shape index (κ1) is 8.08. The molecule has 2 nitrogen and oxygen atoms in total. The smallest absolute Gasteiger partial charge is 0.0374 e. The molecule has 0 aliphatic carbocycles. The van der Waals surface area contributed by atoms with E-state index in [9.17, 15) is 0 Å². The lowest BCUT2D eigenvalue weighted by atomic mass is 10.0. The number of nitrogens with two attached hydrogens (primary N) is 1. The van der Waals surface area contributed by atoms with Gasteiger partial charge in [-0.05, 0) is 30.2 Å². The Kier molecular flexibility index (Phi) is 2.07. The largest absolute Gasteiger partial charge is 0.383 e. The minimum Gasteiger partial charge on any atom is -0.383 e. The van der Waals surface area contributed by atoms with Crippen LogP contribution >= 0.6 is 15.9 Å². The van der Waals surface area contributed by atoms with E-state index in [2.05, 4.69) is 33.4 Å². The summed E-state index contributed by atoms with van der Waals surface area (Å²) < 4.78 is 1.12. The predicted octanol–water partition coefficient (Wildman–Crippen LogP) is 1.74. The molecule has 0 bridgehead atoms. The normalized spacial score (nSPS) is 21.3. The molecule has 0 fully saturated rings. The monoisotopic (exact) mass is 226 g/mol. The first-order chi connectivity index (χ1) is 5.75. The molecule has 0 saturated carbocycles. The molecule has 12 heavy (non-hydrogen) atoms. The minimum absolute atomic E-state index is 0.256. The van der Waals surface area contributed by atoms with Crippen LogP contribution in [0.3, 0.4) is 0 Å². The Morgan fingerprint density at radius 1 is 1.50 bits per heavy atom. The van der Waals surface area contributed by atoms with Gasteiger partial charge in [-0.2, -0.15) is 0 Å². The van der Waals surface area contributed by atoms with Gasteiger partial charge >= 0.3 is 0 Å². The summed E-state index contributed by atoms with van der Waals surface area (Å²) in [4.78, 5) is 0. The van der Waals surface area contributed by atoms with Crippen LogP contribution in [0.2, 0.25) is 0 Å². The average molecular weight is 227 g/mol. The van der Waals surface area contributed by atoms with E-state index in [1.807, 2.05) is 6.07 Å². The van der Waals surface area contributed by atoms with Crippen molar-refractivity contribution in [2.75, 3.05) is 11.9 Å². The van der Waals surface area contributed by atoms with Gasteiger partial charge in [-0.3, -0.25) is 0 Å². The lowest BCUT2D eigenvalue weighted by Gasteiger charge is -2.23. The average Bonchev–Trinajstić information content (AvgIpc) is 2.03. The van der Waals surface area contributed by atoms with Gasteiger partial charge in [0.1, 0.15) is 0 Å². The van der Waals surface area contributed by atoms with Gasteiger partial charge in [0.05, 0.1) is 0 Å². The van der Waals surface area contributed by atoms with Gasteiger partial charge in [0.25, 0.3) is 0 Å². The van der Waals surface area contributed by atoms with Crippen LogP contribution < -0.4 is 11.1 Å². The number of halogens is 1. The summed E-state index contributed by atoms with van der Waals surface area (Å²) in [6.07, 6.45) is 0.974. The Hall–Kier alpha value is -0.540. The molecule has 2 rings (SSSR count). The zero-order chi connectivity index (χ0) is 8.55. The maximum absolute atomic E-state index is 5.82. The van der Waals surface area contributed by atoms with E-state index in [0.29, 0.717) is 0 Å². The molecule has 1 aromatic rings. The molecular weight excluding hydrogens is 216 g/mol. The van der Waals surface area contributed by atoms with Crippen LogP contribution in [-0.4, -0.2) is 12.6 Å². The van der Waals surface area contributed by atoms with Gasteiger partial charge in [0, 0.05) is 22.7 Å². The number of hydrogen-bond acceptors (Lipinski definition) is 2. The molecule has 0 aromatic heterocycles. The van der Waals surface area contributed by atoms with E-state index in [-0.39, 0.29) is 6.04 Å². The van der Waals surface area contributed by atoms with E-state index in [0.717, 1.165) is 17.4 Å². The van der Waals surface area contributed by atoms with Crippen molar-refractivity contribution in [2.24, 2.45) is 5.73 Å². The van der Waals surface area contributed by atoms with Crippen LogP contribution in [-0.2, 0) is 6.42 Å². The highest BCUT2D eigenvalue weighted by Crippen LogP contribution is 2.24. The summed E-state index contributed by atoms with van der Waals surface area (Å²) in [5.74, 6) is 0. The van der Waals surface area contributed by atoms with Crippen LogP contribution in [0, 0.1) is 0 Å². The fourth-order valence-corrected chi connectivity index (χ4v) is 1.91. The molecule has 0 spiro atoms. The first-order valence-corrected chi connectivity index (χ1v) is 4.83. The van der Waals surface area contributed by atoms with Crippen molar-refractivity contribution in [3.63, 3.8) is 0 Å². The maximum Gasteiger partial charge on any atom is 0.0374 e. The number of rotatable bonds is 0. The predicted molar refractivity (Wildman–Crippen MR) is 54.3 cm³/mol. The molecule has 3 N–H and O–H groups in total. The van der Waals surface area contributed by atoms with Gasteiger partial charge < -0.3 is 11.1 Å². The molecule has 1 heterocycles. The molecule has 3 heteroatoms. The van der Waals surface area contributed by atoms with Gasteiger partial charge in [0.15, 0.2) is 0 Å². The molecule has 1 aliphatic heterocycles. The molecule has 1 unspecified atom stereocenters. The Balaban J connectivity index is 2.37. The van der Waals surface area contributed by atoms with Crippen molar-refractivity contribution in [2.45, 2.75) is 12.5 Å². The quantitative estimate of drug-likeness (QED) is 0.708. The SMILES string of the molecule is NC1CNc2ccc(Br)cc2C1. The van der Waals surface area contributed by atoms with E-state index in [4.69, 9.17) is 5.73 Å². The Labute approximate surface area is 80.3 Å². The summed E-state index contributed by atoms with van der Waals surface area (Å²) in [6, 6.07) is 6.52. The fraction of sp³-hybridized carbons (Fsp3) is 0.333. The second-order valence-corrected chi connectivity index (χ2v) is 4.06. The van der Waals surface area contributed by atoms with Crippen LogP contribution in [0.1, 0.15) is 5.56 Å². The number of fused-ring (bicyclic) bond motifs is 1. The third-order valence-electron chi connectivity index (χ3n) is 2.10. The van der Waals surface area contributed by atoms with Crippen molar-refractivity contribution in [1.82, 2.24) is 0 Å². The number of benzene rings is 1. The molecule has 0 radical (unpaired) electrons. The van der Waals surface area contributed by atoms with Gasteiger partial charge in [-0.1, -0.05) is 15.9 Å². The fourth-order valence-electron chi connectivity index (χ4n) is 1.50. The van der Waals surface area contributed by atoms with Crippen LogP contribution in [0.4, 0.5) is 5.69 Å². The highest BCUT2D eigenvalue weighted by molar-refractivity contribution is 9.10. The molecule has 0 saturated heterocycles. The topological polar surface area (TPSA) is 38.0 Å². The lowest BCUT2D eigenvalue weighted by Crippen LogP contribution is -2.35. The summed E-state index contributed by atoms with van der Waals surface area (Å²) in [7, 11) is 0. The number of nitrogens with one attached hydrogen (secondary N) is 1. The molecule has 1 aromatic carbocycles. The number of hydrogen-bond donors (Lipinski definition) is 2. The van der Waals surface area contributed by atoms with E-state index < -0.39 is 0 Å². The van der Waals surface area contributed by atoms with Crippen molar-refractivity contribution in [1.29, 1.82) is 0 Å². The lowest BCUT2D eigenvalue weighted by molar-refractivity contribution is 0.679. The molecule has 64 valence electrons. The van der Waals surface area contributed by atoms with Crippen molar-refractivity contribution in [3.8, 4) is 0 Å². The third kappa shape index (κ3) is 1.47. The van der Waals surface area contributed by atoms with Crippen LogP contribution in [0.15, 0.2) is 22.7 Å². The minimum atomic E-state index is 0.256. The highest BCUT2D eigenvalue weighted by Gasteiger charge is 2.13. The molecular formula is C9H11BrN2. The molecule has 1 aliphatic rings. The van der Waals surface area contributed by atoms with Gasteiger partial charge in [0.2, 0.25) is 0 Å². The summed E-state index contributed by atoms with van der Waals surface area (Å²) in [6.45, 7) is 0.884. The third-order valence-corrected chi connectivity index (χ3v) is 2.60. The van der Waals surface area contributed by atoms with Crippen LogP contribution in [0.25, 0.3) is 0 Å². The van der Waals surface area contributed by atoms with Gasteiger partial charge in [-0.25, -0.2) is 0 Å². The molecule has 1 atom stereocenters. The van der Waals surface area contributed by atoms with Crippen molar-refractivity contribution in [3.05, 3.63) is 28.2 Å². The zero-order valence-corrected chi connectivity index (χ0v) is 8.26. The van der Waals surface area contributed by atoms with E-state index in [1.54, 1.807) is 0 Å². The highest BCUT2D eigenvalue weighted by atomic mass is 79.9. The first-order valence-electron chi connectivity index (χ1n) is 4.03. The standard InChI is InChI=1S/C9H11BrN2/c10-7-1-2-9-6(3-7)4-8(11)5-12-9/h1-3,8,12H,4-5,11H2. The maximum atomic E-state index is 5.82. The Morgan fingerprint density at radius 2 is 2.33 bits per heavy atom.